The molecule has 7 heteroatoms. The van der Waals surface area contributed by atoms with Gasteiger partial charge in [0.15, 0.2) is 5.82 Å². The number of aromatic nitrogens is 4. The minimum absolute atomic E-state index is 0.0602. The normalized spacial score (nSPS) is 10.8. The van der Waals surface area contributed by atoms with Crippen molar-refractivity contribution in [3.63, 3.8) is 0 Å². The highest BCUT2D eigenvalue weighted by Gasteiger charge is 2.10. The van der Waals surface area contributed by atoms with Crippen molar-refractivity contribution in [2.45, 2.75) is 32.7 Å². The second kappa shape index (κ2) is 7.70. The van der Waals surface area contributed by atoms with Gasteiger partial charge in [-0.2, -0.15) is 5.10 Å². The van der Waals surface area contributed by atoms with Gasteiger partial charge in [-0.05, 0) is 51.0 Å². The fourth-order valence-corrected chi connectivity index (χ4v) is 3.26. The molecule has 0 bridgehead atoms. The number of thioether (sulfide) groups is 1. The van der Waals surface area contributed by atoms with Gasteiger partial charge in [-0.1, -0.05) is 23.9 Å². The zero-order valence-electron chi connectivity index (χ0n) is 15.3. The van der Waals surface area contributed by atoms with E-state index in [9.17, 15) is 4.79 Å². The lowest BCUT2D eigenvalue weighted by Crippen LogP contribution is -2.15. The Kier molecular flexibility index (Phi) is 5.37. The van der Waals surface area contributed by atoms with Crippen molar-refractivity contribution in [2.24, 2.45) is 0 Å². The van der Waals surface area contributed by atoms with Crippen LogP contribution in [0.1, 0.15) is 22.5 Å². The first-order valence-electron chi connectivity index (χ1n) is 8.28. The van der Waals surface area contributed by atoms with Crippen LogP contribution in [-0.4, -0.2) is 31.4 Å². The predicted octanol–water partition coefficient (Wildman–Crippen LogP) is 3.63. The molecule has 0 aliphatic heterocycles. The number of anilines is 1. The Balaban J connectivity index is 1.66. The summed E-state index contributed by atoms with van der Waals surface area (Å²) in [5.74, 6) is 0.916. The van der Waals surface area contributed by atoms with Gasteiger partial charge in [-0.15, -0.1) is 0 Å². The van der Waals surface area contributed by atoms with Gasteiger partial charge >= 0.3 is 0 Å². The van der Waals surface area contributed by atoms with Crippen molar-refractivity contribution in [1.82, 2.24) is 19.7 Å². The Hall–Kier alpha value is -2.67. The summed E-state index contributed by atoms with van der Waals surface area (Å²) in [5.41, 5.74) is 5.02. The number of carbonyl (C=O) groups is 1. The molecule has 0 unspecified atom stereocenters. The SMILES string of the molecule is Cc1cc(C)n(-c2cc(SCC(=O)Nc3cccc(C)c3C)ncn2)n1. The highest BCUT2D eigenvalue weighted by atomic mass is 32.2. The van der Waals surface area contributed by atoms with Gasteiger partial charge in [0.2, 0.25) is 5.91 Å². The number of benzene rings is 1. The van der Waals surface area contributed by atoms with Gasteiger partial charge in [0.25, 0.3) is 0 Å². The summed E-state index contributed by atoms with van der Waals surface area (Å²) in [4.78, 5) is 20.8. The van der Waals surface area contributed by atoms with Crippen LogP contribution in [0.4, 0.5) is 5.69 Å². The molecule has 1 aromatic carbocycles. The molecule has 0 aliphatic rings. The molecule has 6 nitrogen and oxygen atoms in total. The van der Waals surface area contributed by atoms with Crippen LogP contribution in [0.25, 0.3) is 5.82 Å². The molecule has 0 saturated heterocycles. The Bertz CT molecular complexity index is 951. The van der Waals surface area contributed by atoms with Crippen molar-refractivity contribution in [1.29, 1.82) is 0 Å². The standard InChI is InChI=1S/C19H21N5OS/c1-12-6-5-7-16(15(12)4)22-18(25)10-26-19-9-17(20-11-21-19)24-14(3)8-13(2)23-24/h5-9,11H,10H2,1-4H3,(H,22,25). The van der Waals surface area contributed by atoms with E-state index < -0.39 is 0 Å². The molecule has 2 heterocycles. The van der Waals surface area contributed by atoms with Crippen molar-refractivity contribution >= 4 is 23.4 Å². The fraction of sp³-hybridized carbons (Fsp3) is 0.263. The highest BCUT2D eigenvalue weighted by molar-refractivity contribution is 7.99. The molecule has 0 radical (unpaired) electrons. The number of hydrogen-bond acceptors (Lipinski definition) is 5. The minimum atomic E-state index is -0.0602. The Morgan fingerprint density at radius 2 is 1.96 bits per heavy atom. The van der Waals surface area contributed by atoms with Gasteiger partial charge in [-0.25, -0.2) is 14.6 Å². The van der Waals surface area contributed by atoms with Crippen molar-refractivity contribution < 1.29 is 4.79 Å². The molecular weight excluding hydrogens is 346 g/mol. The first-order chi connectivity index (χ1) is 12.4. The molecule has 0 spiro atoms. The van der Waals surface area contributed by atoms with Crippen LogP contribution in [0.5, 0.6) is 0 Å². The van der Waals surface area contributed by atoms with Crippen molar-refractivity contribution in [3.8, 4) is 5.82 Å². The van der Waals surface area contributed by atoms with Gasteiger partial charge in [-0.3, -0.25) is 4.79 Å². The van der Waals surface area contributed by atoms with Crippen molar-refractivity contribution in [3.05, 3.63) is 59.2 Å². The summed E-state index contributed by atoms with van der Waals surface area (Å²) in [6.07, 6.45) is 1.50. The zero-order chi connectivity index (χ0) is 18.7. The maximum Gasteiger partial charge on any atom is 0.234 e. The molecule has 134 valence electrons. The molecule has 26 heavy (non-hydrogen) atoms. The number of nitrogens with one attached hydrogen (secondary N) is 1. The Morgan fingerprint density at radius 3 is 2.69 bits per heavy atom. The lowest BCUT2D eigenvalue weighted by molar-refractivity contribution is -0.113. The summed E-state index contributed by atoms with van der Waals surface area (Å²) >= 11 is 1.38. The molecule has 1 amide bonds. The first-order valence-corrected chi connectivity index (χ1v) is 9.27. The van der Waals surface area contributed by atoms with Crippen LogP contribution in [-0.2, 0) is 4.79 Å². The van der Waals surface area contributed by atoms with Crippen molar-refractivity contribution in [2.75, 3.05) is 11.1 Å². The van der Waals surface area contributed by atoms with E-state index in [1.807, 2.05) is 58.0 Å². The van der Waals surface area contributed by atoms with E-state index in [-0.39, 0.29) is 11.7 Å². The van der Waals surface area contributed by atoms with Crippen LogP contribution in [0.15, 0.2) is 41.7 Å². The van der Waals surface area contributed by atoms with Crippen LogP contribution < -0.4 is 5.32 Å². The lowest BCUT2D eigenvalue weighted by atomic mass is 10.1. The fourth-order valence-electron chi connectivity index (χ4n) is 2.60. The van der Waals surface area contributed by atoms with Gasteiger partial charge in [0, 0.05) is 17.4 Å². The van der Waals surface area contributed by atoms with Crippen LogP contribution in [0.2, 0.25) is 0 Å². The molecule has 0 saturated carbocycles. The first kappa shape index (κ1) is 18.1. The van der Waals surface area contributed by atoms with E-state index in [1.165, 1.54) is 18.1 Å². The summed E-state index contributed by atoms with van der Waals surface area (Å²) in [5, 5.41) is 8.12. The van der Waals surface area contributed by atoms with Gasteiger partial charge in [0.1, 0.15) is 11.4 Å². The van der Waals surface area contributed by atoms with Crippen LogP contribution in [0, 0.1) is 27.7 Å². The third-order valence-electron chi connectivity index (χ3n) is 4.08. The average Bonchev–Trinajstić information content (AvgIpc) is 2.96. The average molecular weight is 367 g/mol. The van der Waals surface area contributed by atoms with Gasteiger partial charge in [0.05, 0.1) is 11.4 Å². The van der Waals surface area contributed by atoms with E-state index in [4.69, 9.17) is 0 Å². The van der Waals surface area contributed by atoms with Gasteiger partial charge < -0.3 is 5.32 Å². The molecule has 0 fully saturated rings. The molecule has 3 rings (SSSR count). The number of nitrogens with zero attached hydrogens (tertiary/aromatic N) is 4. The predicted molar refractivity (Wildman–Crippen MR) is 104 cm³/mol. The molecular formula is C19H21N5OS. The smallest absolute Gasteiger partial charge is 0.234 e. The maximum absolute atomic E-state index is 12.3. The van der Waals surface area contributed by atoms with Crippen LogP contribution >= 0.6 is 11.8 Å². The Morgan fingerprint density at radius 1 is 1.15 bits per heavy atom. The summed E-state index contributed by atoms with van der Waals surface area (Å²) in [6, 6.07) is 9.72. The highest BCUT2D eigenvalue weighted by Crippen LogP contribution is 2.21. The third-order valence-corrected chi connectivity index (χ3v) is 5.01. The summed E-state index contributed by atoms with van der Waals surface area (Å²) in [6.45, 7) is 7.95. The number of amides is 1. The summed E-state index contributed by atoms with van der Waals surface area (Å²) in [7, 11) is 0. The van der Waals surface area contributed by atoms with E-state index in [0.717, 1.165) is 33.2 Å². The quantitative estimate of drug-likeness (QED) is 0.551. The second-order valence-corrected chi connectivity index (χ2v) is 7.13. The monoisotopic (exact) mass is 367 g/mol. The van der Waals surface area contributed by atoms with Crippen LogP contribution in [0.3, 0.4) is 0 Å². The maximum atomic E-state index is 12.3. The second-order valence-electron chi connectivity index (χ2n) is 6.14. The number of aryl methyl sites for hydroxylation is 3. The zero-order valence-corrected chi connectivity index (χ0v) is 16.1. The third kappa shape index (κ3) is 4.11. The molecule has 0 aliphatic carbocycles. The number of rotatable bonds is 5. The molecule has 2 aromatic heterocycles. The topological polar surface area (TPSA) is 72.7 Å². The van der Waals surface area contributed by atoms with E-state index >= 15 is 0 Å². The number of hydrogen-bond donors (Lipinski definition) is 1. The van der Waals surface area contributed by atoms with E-state index in [0.29, 0.717) is 5.82 Å². The van der Waals surface area contributed by atoms with E-state index in [2.05, 4.69) is 20.4 Å². The molecule has 3 aromatic rings. The lowest BCUT2D eigenvalue weighted by Gasteiger charge is -2.10. The minimum Gasteiger partial charge on any atom is -0.325 e. The largest absolute Gasteiger partial charge is 0.325 e. The molecule has 0 atom stereocenters. The number of carbonyl (C=O) groups excluding carboxylic acids is 1. The Labute approximate surface area is 157 Å². The summed E-state index contributed by atoms with van der Waals surface area (Å²) < 4.78 is 1.78. The molecule has 1 N–H and O–H groups in total. The van der Waals surface area contributed by atoms with E-state index in [1.54, 1.807) is 4.68 Å².